The maximum Gasteiger partial charge on any atom is 0.231 e. The molecule has 6 nitrogen and oxygen atoms in total. The zero-order valence-corrected chi connectivity index (χ0v) is 20.3. The summed E-state index contributed by atoms with van der Waals surface area (Å²) in [4.78, 5) is 27.1. The lowest BCUT2D eigenvalue weighted by Crippen LogP contribution is -2.52. The number of rotatable bonds is 5. The summed E-state index contributed by atoms with van der Waals surface area (Å²) < 4.78 is 0. The molecule has 1 aliphatic carbocycles. The number of fused-ring (bicyclic) bond motifs is 1. The van der Waals surface area contributed by atoms with E-state index in [2.05, 4.69) is 47.9 Å². The molecule has 0 saturated carbocycles. The third-order valence-corrected chi connectivity index (χ3v) is 6.80. The molecular formula is C25H34ClN5O. The largest absolute Gasteiger partial charge is 0.353 e. The smallest absolute Gasteiger partial charge is 0.231 e. The van der Waals surface area contributed by atoms with Crippen LogP contribution >= 0.6 is 11.6 Å². The topological polar surface area (TPSA) is 61.4 Å². The Bertz CT molecular complexity index is 948. The van der Waals surface area contributed by atoms with Crippen molar-refractivity contribution in [2.45, 2.75) is 57.9 Å². The number of benzene rings is 1. The Kier molecular flexibility index (Phi) is 6.72. The predicted molar refractivity (Wildman–Crippen MR) is 130 cm³/mol. The zero-order chi connectivity index (χ0) is 22.9. The lowest BCUT2D eigenvalue weighted by atomic mass is 9.95. The van der Waals surface area contributed by atoms with E-state index in [1.807, 2.05) is 29.2 Å². The Morgan fingerprint density at radius 1 is 1.16 bits per heavy atom. The summed E-state index contributed by atoms with van der Waals surface area (Å²) >= 11 is 6.09. The van der Waals surface area contributed by atoms with Gasteiger partial charge in [0.25, 0.3) is 0 Å². The fourth-order valence-corrected chi connectivity index (χ4v) is 4.81. The molecule has 1 aliphatic heterocycles. The zero-order valence-electron chi connectivity index (χ0n) is 19.6. The third kappa shape index (κ3) is 5.07. The molecule has 1 aromatic heterocycles. The molecule has 1 N–H and O–H groups in total. The fraction of sp³-hybridized carbons (Fsp3) is 0.560. The Morgan fingerprint density at radius 2 is 1.84 bits per heavy atom. The van der Waals surface area contributed by atoms with E-state index in [9.17, 15) is 4.79 Å². The Balaban J connectivity index is 1.47. The maximum atomic E-state index is 13.6. The second kappa shape index (κ2) is 9.36. The van der Waals surface area contributed by atoms with Crippen LogP contribution in [0.15, 0.2) is 30.6 Å². The minimum absolute atomic E-state index is 0.0618. The molecule has 2 heterocycles. The van der Waals surface area contributed by atoms with Gasteiger partial charge in [0, 0.05) is 54.5 Å². The van der Waals surface area contributed by atoms with Gasteiger partial charge in [-0.25, -0.2) is 9.97 Å². The van der Waals surface area contributed by atoms with E-state index >= 15 is 0 Å². The van der Waals surface area contributed by atoms with Crippen molar-refractivity contribution < 1.29 is 4.79 Å². The normalized spacial score (nSPS) is 19.7. The van der Waals surface area contributed by atoms with Crippen molar-refractivity contribution in [1.82, 2.24) is 20.2 Å². The first kappa shape index (κ1) is 23.0. The summed E-state index contributed by atoms with van der Waals surface area (Å²) in [6, 6.07) is 7.67. The molecule has 1 aromatic carbocycles. The van der Waals surface area contributed by atoms with Crippen LogP contribution in [0.2, 0.25) is 5.02 Å². The number of aryl methyl sites for hydroxylation is 1. The third-order valence-electron chi connectivity index (χ3n) is 6.55. The van der Waals surface area contributed by atoms with Crippen LogP contribution in [0.4, 0.5) is 5.82 Å². The van der Waals surface area contributed by atoms with Gasteiger partial charge in [0.1, 0.15) is 12.1 Å². The van der Waals surface area contributed by atoms with Gasteiger partial charge in [0.2, 0.25) is 5.91 Å². The van der Waals surface area contributed by atoms with Gasteiger partial charge < -0.3 is 15.1 Å². The van der Waals surface area contributed by atoms with Gasteiger partial charge in [-0.2, -0.15) is 0 Å². The van der Waals surface area contributed by atoms with Crippen molar-refractivity contribution in [3.8, 4) is 0 Å². The van der Waals surface area contributed by atoms with E-state index in [0.29, 0.717) is 30.6 Å². The molecule has 2 atom stereocenters. The van der Waals surface area contributed by atoms with Crippen molar-refractivity contribution in [1.29, 1.82) is 0 Å². The summed E-state index contributed by atoms with van der Waals surface area (Å²) in [5.74, 6) is 1.50. The number of carbonyl (C=O) groups is 1. The molecule has 1 saturated heterocycles. The van der Waals surface area contributed by atoms with Gasteiger partial charge in [-0.1, -0.05) is 30.7 Å². The van der Waals surface area contributed by atoms with Crippen LogP contribution in [0.3, 0.4) is 0 Å². The first-order chi connectivity index (χ1) is 15.2. The highest BCUT2D eigenvalue weighted by atomic mass is 35.5. The number of hydrogen-bond donors (Lipinski definition) is 1. The number of nitrogens with zero attached hydrogens (tertiary/aromatic N) is 4. The molecule has 1 amide bonds. The highest BCUT2D eigenvalue weighted by Crippen LogP contribution is 2.37. The first-order valence-electron chi connectivity index (χ1n) is 11.6. The number of carbonyl (C=O) groups excluding carboxylic acids is 1. The average Bonchev–Trinajstić information content (AvgIpc) is 3.15. The van der Waals surface area contributed by atoms with E-state index in [-0.39, 0.29) is 17.4 Å². The highest BCUT2D eigenvalue weighted by Gasteiger charge is 2.32. The van der Waals surface area contributed by atoms with Gasteiger partial charge in [-0.15, -0.1) is 0 Å². The summed E-state index contributed by atoms with van der Waals surface area (Å²) in [7, 11) is 0. The molecule has 4 rings (SSSR count). The lowest BCUT2D eigenvalue weighted by Gasteiger charge is -2.38. The number of anilines is 1. The minimum atomic E-state index is -0.235. The van der Waals surface area contributed by atoms with Gasteiger partial charge in [0.15, 0.2) is 0 Å². The summed E-state index contributed by atoms with van der Waals surface area (Å²) in [5.41, 5.74) is 3.44. The Labute approximate surface area is 196 Å². The van der Waals surface area contributed by atoms with Crippen LogP contribution in [0.25, 0.3) is 0 Å². The second-order valence-electron chi connectivity index (χ2n) is 10.0. The molecule has 172 valence electrons. The van der Waals surface area contributed by atoms with Crippen molar-refractivity contribution in [3.63, 3.8) is 0 Å². The van der Waals surface area contributed by atoms with Crippen molar-refractivity contribution in [2.75, 3.05) is 37.6 Å². The van der Waals surface area contributed by atoms with Crippen molar-refractivity contribution >= 4 is 23.3 Å². The van der Waals surface area contributed by atoms with E-state index < -0.39 is 0 Å². The van der Waals surface area contributed by atoms with Gasteiger partial charge in [-0.05, 0) is 57.2 Å². The molecule has 1 fully saturated rings. The monoisotopic (exact) mass is 455 g/mol. The van der Waals surface area contributed by atoms with Crippen LogP contribution in [0, 0.1) is 0 Å². The lowest BCUT2D eigenvalue weighted by molar-refractivity contribution is -0.133. The van der Waals surface area contributed by atoms with E-state index in [1.165, 1.54) is 11.3 Å². The molecule has 0 radical (unpaired) electrons. The minimum Gasteiger partial charge on any atom is -0.353 e. The van der Waals surface area contributed by atoms with E-state index in [1.54, 1.807) is 6.33 Å². The number of amides is 1. The van der Waals surface area contributed by atoms with Gasteiger partial charge >= 0.3 is 0 Å². The van der Waals surface area contributed by atoms with Gasteiger partial charge in [0.05, 0.1) is 5.92 Å². The average molecular weight is 456 g/mol. The van der Waals surface area contributed by atoms with Crippen LogP contribution in [0.1, 0.15) is 62.8 Å². The van der Waals surface area contributed by atoms with E-state index in [0.717, 1.165) is 37.3 Å². The first-order valence-corrected chi connectivity index (χ1v) is 12.0. The van der Waals surface area contributed by atoms with Crippen molar-refractivity contribution in [2.24, 2.45) is 0 Å². The maximum absolute atomic E-state index is 13.6. The summed E-state index contributed by atoms with van der Waals surface area (Å²) in [6.07, 6.45) is 3.87. The van der Waals surface area contributed by atoms with Gasteiger partial charge in [-0.3, -0.25) is 4.79 Å². The molecule has 32 heavy (non-hydrogen) atoms. The molecule has 7 heteroatoms. The van der Waals surface area contributed by atoms with E-state index in [4.69, 9.17) is 11.6 Å². The van der Waals surface area contributed by atoms with Crippen LogP contribution < -0.4 is 10.2 Å². The van der Waals surface area contributed by atoms with Crippen molar-refractivity contribution in [3.05, 3.63) is 52.4 Å². The van der Waals surface area contributed by atoms with Crippen LogP contribution in [-0.2, 0) is 11.2 Å². The Morgan fingerprint density at radius 3 is 2.50 bits per heavy atom. The molecular weight excluding hydrogens is 422 g/mol. The number of halogens is 1. The molecule has 2 aromatic rings. The number of nitrogens with one attached hydrogen (secondary N) is 1. The number of aromatic nitrogens is 2. The Hall–Kier alpha value is -2.18. The second-order valence-corrected chi connectivity index (χ2v) is 10.5. The number of piperazine rings is 1. The SMILES string of the molecule is C[C@@H]1CCc2ncnc(N3CCN(C(=O)[C@@H](CNC(C)(C)C)c4ccc(Cl)cc4)CC3)c21. The molecule has 2 aliphatic rings. The quantitative estimate of drug-likeness (QED) is 0.738. The summed E-state index contributed by atoms with van der Waals surface area (Å²) in [5, 5.41) is 4.20. The predicted octanol–water partition coefficient (Wildman–Crippen LogP) is 4.00. The highest BCUT2D eigenvalue weighted by molar-refractivity contribution is 6.30. The molecule has 0 spiro atoms. The molecule has 0 unspecified atom stereocenters. The number of hydrogen-bond acceptors (Lipinski definition) is 5. The standard InChI is InChI=1S/C25H34ClN5O/c1-17-5-10-21-22(17)23(28-16-27-21)30-11-13-31(14-12-30)24(32)20(15-29-25(2,3)4)18-6-8-19(26)9-7-18/h6-9,16-17,20,29H,5,10-15H2,1-4H3/t17-,20+/m1/s1. The summed E-state index contributed by atoms with van der Waals surface area (Å²) in [6.45, 7) is 12.2. The fourth-order valence-electron chi connectivity index (χ4n) is 4.69. The van der Waals surface area contributed by atoms with Crippen LogP contribution in [-0.4, -0.2) is 59.0 Å². The molecule has 0 bridgehead atoms. The van der Waals surface area contributed by atoms with Crippen LogP contribution in [0.5, 0.6) is 0 Å².